The molecule has 1 aliphatic carbocycles. The van der Waals surface area contributed by atoms with Crippen molar-refractivity contribution in [3.05, 3.63) is 167 Å². The molecule has 0 fully saturated rings. The zero-order valence-corrected chi connectivity index (χ0v) is 29.2. The maximum absolute atomic E-state index is 2.49. The van der Waals surface area contributed by atoms with Gasteiger partial charge < -0.3 is 0 Å². The van der Waals surface area contributed by atoms with Crippen molar-refractivity contribution in [1.82, 2.24) is 0 Å². The van der Waals surface area contributed by atoms with Crippen molar-refractivity contribution < 1.29 is 0 Å². The first kappa shape index (κ1) is 29.7. The van der Waals surface area contributed by atoms with Gasteiger partial charge in [0.05, 0.1) is 0 Å². The molecule has 0 unspecified atom stereocenters. The zero-order valence-electron chi connectivity index (χ0n) is 29.2. The summed E-state index contributed by atoms with van der Waals surface area (Å²) in [4.78, 5) is 0. The molecule has 236 valence electrons. The number of fused-ring (bicyclic) bond motifs is 6. The van der Waals surface area contributed by atoms with Crippen molar-refractivity contribution in [3.8, 4) is 44.5 Å². The van der Waals surface area contributed by atoms with Crippen LogP contribution < -0.4 is 0 Å². The van der Waals surface area contributed by atoms with Crippen molar-refractivity contribution in [1.29, 1.82) is 0 Å². The molecule has 0 heteroatoms. The second kappa shape index (κ2) is 10.8. The number of hydrogen-bond donors (Lipinski definition) is 0. The van der Waals surface area contributed by atoms with Gasteiger partial charge in [-0.3, -0.25) is 0 Å². The molecular weight excluding hydrogens is 589 g/mol. The molecule has 8 aromatic rings. The van der Waals surface area contributed by atoms with Crippen LogP contribution in [0.25, 0.3) is 76.8 Å². The monoisotopic (exact) mass is 628 g/mol. The van der Waals surface area contributed by atoms with Crippen LogP contribution in [0, 0.1) is 27.7 Å². The normalized spacial score (nSPS) is 13.3. The first-order chi connectivity index (χ1) is 23.8. The first-order valence-corrected chi connectivity index (χ1v) is 17.5. The highest BCUT2D eigenvalue weighted by molar-refractivity contribution is 6.24. The number of rotatable bonds is 3. The Morgan fingerprint density at radius 2 is 0.918 bits per heavy atom. The molecule has 0 amide bonds. The van der Waals surface area contributed by atoms with Crippen molar-refractivity contribution in [2.75, 3.05) is 0 Å². The van der Waals surface area contributed by atoms with E-state index in [0.717, 1.165) is 0 Å². The summed E-state index contributed by atoms with van der Waals surface area (Å²) < 4.78 is 0. The fourth-order valence-corrected chi connectivity index (χ4v) is 8.94. The van der Waals surface area contributed by atoms with Gasteiger partial charge in [0.1, 0.15) is 0 Å². The lowest BCUT2D eigenvalue weighted by atomic mass is 9.79. The Labute approximate surface area is 289 Å². The quantitative estimate of drug-likeness (QED) is 0.171. The van der Waals surface area contributed by atoms with Gasteiger partial charge in [-0.05, 0) is 144 Å². The summed E-state index contributed by atoms with van der Waals surface area (Å²) in [6.45, 7) is 13.9. The molecule has 49 heavy (non-hydrogen) atoms. The number of benzene rings is 8. The van der Waals surface area contributed by atoms with E-state index in [2.05, 4.69) is 175 Å². The molecule has 0 aliphatic heterocycles. The standard InChI is InChI=1S/C49H40/c1-29-27-30(2)32(4)45(31(29)3)48-38-19-10-9-18-37(38)46(41-22-14-24-44-47(41)40-20-11-12-23-43(40)49(44,5)6)42-28-34(25-26-39(42)48)36-21-13-16-33-15-7-8-17-35(33)36/h7-28H,1-6H3. The van der Waals surface area contributed by atoms with Crippen LogP contribution in [0.4, 0.5) is 0 Å². The summed E-state index contributed by atoms with van der Waals surface area (Å²) in [5.74, 6) is 0. The Kier molecular flexibility index (Phi) is 6.52. The lowest BCUT2D eigenvalue weighted by Crippen LogP contribution is -2.14. The largest absolute Gasteiger partial charge is 0.0619 e. The highest BCUT2D eigenvalue weighted by Crippen LogP contribution is 2.55. The van der Waals surface area contributed by atoms with Gasteiger partial charge >= 0.3 is 0 Å². The summed E-state index contributed by atoms with van der Waals surface area (Å²) in [7, 11) is 0. The van der Waals surface area contributed by atoms with Crippen LogP contribution in [0.5, 0.6) is 0 Å². The highest BCUT2D eigenvalue weighted by atomic mass is 14.4. The summed E-state index contributed by atoms with van der Waals surface area (Å²) in [5.41, 5.74) is 18.7. The van der Waals surface area contributed by atoms with E-state index in [0.29, 0.717) is 0 Å². The summed E-state index contributed by atoms with van der Waals surface area (Å²) >= 11 is 0. The van der Waals surface area contributed by atoms with Gasteiger partial charge in [0, 0.05) is 5.41 Å². The highest BCUT2D eigenvalue weighted by Gasteiger charge is 2.37. The molecule has 0 atom stereocenters. The molecule has 0 nitrogen and oxygen atoms in total. The van der Waals surface area contributed by atoms with E-state index in [1.54, 1.807) is 0 Å². The molecule has 8 aromatic carbocycles. The van der Waals surface area contributed by atoms with Crippen LogP contribution in [0.1, 0.15) is 47.2 Å². The van der Waals surface area contributed by atoms with E-state index in [9.17, 15) is 0 Å². The van der Waals surface area contributed by atoms with Crippen molar-refractivity contribution in [2.45, 2.75) is 47.0 Å². The molecule has 0 spiro atoms. The van der Waals surface area contributed by atoms with Crippen molar-refractivity contribution in [3.63, 3.8) is 0 Å². The maximum Gasteiger partial charge on any atom is 0.0159 e. The third-order valence-electron chi connectivity index (χ3n) is 11.6. The number of aryl methyl sites for hydroxylation is 2. The zero-order chi connectivity index (χ0) is 33.6. The summed E-state index contributed by atoms with van der Waals surface area (Å²) in [5, 5.41) is 7.76. The van der Waals surface area contributed by atoms with E-state index in [1.165, 1.54) is 110 Å². The van der Waals surface area contributed by atoms with Crippen LogP contribution >= 0.6 is 0 Å². The minimum absolute atomic E-state index is 0.0745. The van der Waals surface area contributed by atoms with E-state index in [1.807, 2.05) is 0 Å². The Morgan fingerprint density at radius 3 is 1.69 bits per heavy atom. The second-order valence-electron chi connectivity index (χ2n) is 14.6. The minimum atomic E-state index is -0.0745. The molecule has 0 bridgehead atoms. The smallest absolute Gasteiger partial charge is 0.0159 e. The molecule has 0 saturated heterocycles. The van der Waals surface area contributed by atoms with Crippen LogP contribution in [-0.4, -0.2) is 0 Å². The van der Waals surface area contributed by atoms with E-state index in [-0.39, 0.29) is 5.41 Å². The van der Waals surface area contributed by atoms with Crippen LogP contribution in [0.2, 0.25) is 0 Å². The molecule has 1 aliphatic rings. The van der Waals surface area contributed by atoms with Gasteiger partial charge in [-0.25, -0.2) is 0 Å². The molecule has 0 heterocycles. The Bertz CT molecular complexity index is 2630. The van der Waals surface area contributed by atoms with Crippen LogP contribution in [-0.2, 0) is 5.41 Å². The summed E-state index contributed by atoms with van der Waals surface area (Å²) in [6, 6.07) is 50.2. The SMILES string of the molecule is Cc1cc(C)c(C)c(-c2c3ccccc3c(-c3cccc4c3-c3ccccc3C4(C)C)c3cc(-c4cccc5ccccc45)ccc23)c1C. The lowest BCUT2D eigenvalue weighted by Gasteiger charge is -2.24. The Hall–Kier alpha value is -5.46. The predicted octanol–water partition coefficient (Wildman–Crippen LogP) is 13.7. The predicted molar refractivity (Wildman–Crippen MR) is 212 cm³/mol. The molecule has 9 rings (SSSR count). The van der Waals surface area contributed by atoms with Gasteiger partial charge in [-0.1, -0.05) is 141 Å². The van der Waals surface area contributed by atoms with Crippen molar-refractivity contribution >= 4 is 32.3 Å². The van der Waals surface area contributed by atoms with Gasteiger partial charge in [0.25, 0.3) is 0 Å². The van der Waals surface area contributed by atoms with Gasteiger partial charge in [0.15, 0.2) is 0 Å². The van der Waals surface area contributed by atoms with E-state index in [4.69, 9.17) is 0 Å². The molecule has 0 saturated carbocycles. The van der Waals surface area contributed by atoms with E-state index >= 15 is 0 Å². The maximum atomic E-state index is 2.49. The van der Waals surface area contributed by atoms with Crippen molar-refractivity contribution in [2.24, 2.45) is 0 Å². The van der Waals surface area contributed by atoms with Gasteiger partial charge in [-0.2, -0.15) is 0 Å². The fraction of sp³-hybridized carbons (Fsp3) is 0.143. The minimum Gasteiger partial charge on any atom is -0.0619 e. The third-order valence-corrected chi connectivity index (χ3v) is 11.6. The van der Waals surface area contributed by atoms with Gasteiger partial charge in [0.2, 0.25) is 0 Å². The number of hydrogen-bond acceptors (Lipinski definition) is 0. The van der Waals surface area contributed by atoms with Crippen LogP contribution in [0.3, 0.4) is 0 Å². The molecule has 0 radical (unpaired) electrons. The van der Waals surface area contributed by atoms with Gasteiger partial charge in [-0.15, -0.1) is 0 Å². The Morgan fingerprint density at radius 1 is 0.367 bits per heavy atom. The summed E-state index contributed by atoms with van der Waals surface area (Å²) in [6.07, 6.45) is 0. The third kappa shape index (κ3) is 4.23. The lowest BCUT2D eigenvalue weighted by molar-refractivity contribution is 0.660. The van der Waals surface area contributed by atoms with E-state index < -0.39 is 0 Å². The topological polar surface area (TPSA) is 0 Å². The molecule has 0 aromatic heterocycles. The Balaban J connectivity index is 1.49. The first-order valence-electron chi connectivity index (χ1n) is 17.5. The van der Waals surface area contributed by atoms with Crippen LogP contribution in [0.15, 0.2) is 133 Å². The fourth-order valence-electron chi connectivity index (χ4n) is 8.94. The second-order valence-corrected chi connectivity index (χ2v) is 14.6. The average Bonchev–Trinajstić information content (AvgIpc) is 3.36. The molecular formula is C49H40. The molecule has 0 N–H and O–H groups in total. The average molecular weight is 629 g/mol.